The molecule has 0 saturated carbocycles. The van der Waals surface area contributed by atoms with E-state index in [0.29, 0.717) is 5.75 Å². The summed E-state index contributed by atoms with van der Waals surface area (Å²) in [4.78, 5) is 13.3. The third-order valence-corrected chi connectivity index (χ3v) is 5.36. The third-order valence-electron chi connectivity index (χ3n) is 3.14. The van der Waals surface area contributed by atoms with Gasteiger partial charge in [0.05, 0.1) is 17.0 Å². The number of halogens is 1. The first-order valence-corrected chi connectivity index (χ1v) is 7.97. The number of hydrogen-bond donors (Lipinski definition) is 0. The molecule has 118 valence electrons. The number of hydrogen-bond acceptors (Lipinski definition) is 4. The van der Waals surface area contributed by atoms with Gasteiger partial charge in [-0.3, -0.25) is 4.79 Å². The Morgan fingerprint density at radius 2 is 1.86 bits per heavy atom. The van der Waals surface area contributed by atoms with Crippen LogP contribution in [0.15, 0.2) is 23.1 Å². The number of carbonyl (C=O) groups is 1. The first-order valence-electron chi connectivity index (χ1n) is 6.15. The van der Waals surface area contributed by atoms with Crippen molar-refractivity contribution in [2.75, 3.05) is 28.3 Å². The normalized spacial score (nSPS) is 13.1. The summed E-state index contributed by atoms with van der Waals surface area (Å²) in [5, 5.41) is 0.193. The average Bonchev–Trinajstić information content (AvgIpc) is 2.44. The molecule has 1 amide bonds. The lowest BCUT2D eigenvalue weighted by Crippen LogP contribution is -2.45. The Balaban J connectivity index is 3.16. The Bertz CT molecular complexity index is 631. The van der Waals surface area contributed by atoms with Crippen LogP contribution in [0.4, 0.5) is 0 Å². The van der Waals surface area contributed by atoms with Gasteiger partial charge in [-0.1, -0.05) is 11.6 Å². The topological polar surface area (TPSA) is 66.9 Å². The molecular formula is C13H19ClN2O4S. The molecule has 0 N–H and O–H groups in total. The average molecular weight is 335 g/mol. The van der Waals surface area contributed by atoms with Gasteiger partial charge in [-0.15, -0.1) is 0 Å². The number of benzene rings is 1. The molecule has 0 aliphatic carbocycles. The van der Waals surface area contributed by atoms with Crippen molar-refractivity contribution >= 4 is 27.5 Å². The van der Waals surface area contributed by atoms with Crippen LogP contribution in [0.2, 0.25) is 5.02 Å². The molecule has 0 radical (unpaired) electrons. The van der Waals surface area contributed by atoms with Gasteiger partial charge in [0.15, 0.2) is 0 Å². The summed E-state index contributed by atoms with van der Waals surface area (Å²) in [6, 6.07) is 3.36. The largest absolute Gasteiger partial charge is 0.495 e. The van der Waals surface area contributed by atoms with Gasteiger partial charge in [-0.25, -0.2) is 8.42 Å². The molecule has 0 fully saturated rings. The lowest BCUT2D eigenvalue weighted by atomic mass is 10.3. The monoisotopic (exact) mass is 334 g/mol. The van der Waals surface area contributed by atoms with E-state index in [0.717, 1.165) is 4.31 Å². The van der Waals surface area contributed by atoms with Crippen LogP contribution in [0.25, 0.3) is 0 Å². The second-order valence-electron chi connectivity index (χ2n) is 4.73. The summed E-state index contributed by atoms with van der Waals surface area (Å²) < 4.78 is 31.0. The molecule has 0 heterocycles. The van der Waals surface area contributed by atoms with Crippen LogP contribution in [0.3, 0.4) is 0 Å². The number of ether oxygens (including phenoxy) is 1. The molecule has 21 heavy (non-hydrogen) atoms. The Kier molecular flexibility index (Phi) is 5.61. The number of likely N-dealkylation sites (N-methyl/N-ethyl adjacent to an activating group) is 2. The number of carbonyl (C=O) groups excluding carboxylic acids is 1. The second-order valence-corrected chi connectivity index (χ2v) is 7.13. The maximum Gasteiger partial charge on any atom is 0.243 e. The van der Waals surface area contributed by atoms with E-state index < -0.39 is 16.1 Å². The first kappa shape index (κ1) is 17.7. The molecule has 1 unspecified atom stereocenters. The lowest BCUT2D eigenvalue weighted by molar-refractivity contribution is -0.131. The van der Waals surface area contributed by atoms with Crippen LogP contribution < -0.4 is 4.74 Å². The van der Waals surface area contributed by atoms with Gasteiger partial charge in [0.1, 0.15) is 11.8 Å². The molecule has 0 bridgehead atoms. The van der Waals surface area contributed by atoms with Crippen molar-refractivity contribution < 1.29 is 17.9 Å². The quantitative estimate of drug-likeness (QED) is 0.817. The molecule has 1 rings (SSSR count). The highest BCUT2D eigenvalue weighted by Gasteiger charge is 2.30. The summed E-state index contributed by atoms with van der Waals surface area (Å²) >= 11 is 5.95. The molecule has 0 aromatic heterocycles. The maximum atomic E-state index is 12.5. The van der Waals surface area contributed by atoms with Gasteiger partial charge in [-0.2, -0.15) is 4.31 Å². The molecule has 1 aromatic carbocycles. The predicted molar refractivity (Wildman–Crippen MR) is 81.1 cm³/mol. The van der Waals surface area contributed by atoms with Gasteiger partial charge in [0.25, 0.3) is 0 Å². The summed E-state index contributed by atoms with van der Waals surface area (Å²) in [6.45, 7) is 1.53. The minimum atomic E-state index is -3.82. The van der Waals surface area contributed by atoms with Crippen LogP contribution in [0, 0.1) is 0 Å². The number of sulfonamides is 1. The van der Waals surface area contributed by atoms with Gasteiger partial charge in [0.2, 0.25) is 15.9 Å². The Morgan fingerprint density at radius 1 is 1.29 bits per heavy atom. The SMILES string of the molecule is COc1ccc(S(=O)(=O)N(C)C(C)C(=O)N(C)C)cc1Cl. The predicted octanol–water partition coefficient (Wildman–Crippen LogP) is 1.45. The summed E-state index contributed by atoms with van der Waals surface area (Å²) in [7, 11) is 2.13. The van der Waals surface area contributed by atoms with Crippen molar-refractivity contribution in [3.8, 4) is 5.75 Å². The van der Waals surface area contributed by atoms with Crippen LogP contribution in [-0.4, -0.2) is 57.8 Å². The highest BCUT2D eigenvalue weighted by molar-refractivity contribution is 7.89. The van der Waals surface area contributed by atoms with Crippen molar-refractivity contribution in [1.82, 2.24) is 9.21 Å². The maximum absolute atomic E-state index is 12.5. The standard InChI is InChI=1S/C13H19ClN2O4S/c1-9(13(17)15(2)3)16(4)21(18,19)10-6-7-12(20-5)11(14)8-10/h6-9H,1-5H3. The Labute approximate surface area is 130 Å². The van der Waals surface area contributed by atoms with Gasteiger partial charge >= 0.3 is 0 Å². The molecule has 0 spiro atoms. The van der Waals surface area contributed by atoms with Crippen LogP contribution in [-0.2, 0) is 14.8 Å². The number of rotatable bonds is 5. The molecule has 8 heteroatoms. The van der Waals surface area contributed by atoms with Crippen LogP contribution in [0.5, 0.6) is 5.75 Å². The van der Waals surface area contributed by atoms with Gasteiger partial charge < -0.3 is 9.64 Å². The van der Waals surface area contributed by atoms with Crippen molar-refractivity contribution in [3.63, 3.8) is 0 Å². The van der Waals surface area contributed by atoms with E-state index >= 15 is 0 Å². The van der Waals surface area contributed by atoms with Crippen molar-refractivity contribution in [1.29, 1.82) is 0 Å². The summed E-state index contributed by atoms with van der Waals surface area (Å²) in [5.74, 6) is 0.0800. The zero-order valence-corrected chi connectivity index (χ0v) is 14.2. The minimum Gasteiger partial charge on any atom is -0.495 e. The van der Waals surface area contributed by atoms with E-state index in [2.05, 4.69) is 0 Å². The first-order chi connectivity index (χ1) is 9.62. The van der Waals surface area contributed by atoms with E-state index in [-0.39, 0.29) is 15.8 Å². The van der Waals surface area contributed by atoms with E-state index in [9.17, 15) is 13.2 Å². The fourth-order valence-corrected chi connectivity index (χ4v) is 3.38. The zero-order valence-electron chi connectivity index (χ0n) is 12.6. The van der Waals surface area contributed by atoms with Crippen LogP contribution >= 0.6 is 11.6 Å². The third kappa shape index (κ3) is 3.66. The molecule has 0 aliphatic heterocycles. The molecule has 0 aliphatic rings. The van der Waals surface area contributed by atoms with E-state index in [1.54, 1.807) is 14.1 Å². The highest BCUT2D eigenvalue weighted by Crippen LogP contribution is 2.28. The van der Waals surface area contributed by atoms with Crippen molar-refractivity contribution in [2.45, 2.75) is 17.9 Å². The molecular weight excluding hydrogens is 316 g/mol. The Hall–Kier alpha value is -1.31. The Morgan fingerprint density at radius 3 is 2.29 bits per heavy atom. The fraction of sp³-hybridized carbons (Fsp3) is 0.462. The van der Waals surface area contributed by atoms with Crippen LogP contribution in [0.1, 0.15) is 6.92 Å². The molecule has 6 nitrogen and oxygen atoms in total. The fourth-order valence-electron chi connectivity index (χ4n) is 1.71. The number of amides is 1. The molecule has 1 aromatic rings. The van der Waals surface area contributed by atoms with E-state index in [1.165, 1.54) is 44.2 Å². The summed E-state index contributed by atoms with van der Waals surface area (Å²) in [5.41, 5.74) is 0. The van der Waals surface area contributed by atoms with Gasteiger partial charge in [0, 0.05) is 21.1 Å². The zero-order chi connectivity index (χ0) is 16.4. The van der Waals surface area contributed by atoms with Crippen molar-refractivity contribution in [3.05, 3.63) is 23.2 Å². The highest BCUT2D eigenvalue weighted by atomic mass is 35.5. The smallest absolute Gasteiger partial charge is 0.243 e. The van der Waals surface area contributed by atoms with E-state index in [4.69, 9.17) is 16.3 Å². The number of methoxy groups -OCH3 is 1. The van der Waals surface area contributed by atoms with Crippen molar-refractivity contribution in [2.24, 2.45) is 0 Å². The molecule has 0 saturated heterocycles. The minimum absolute atomic E-state index is 0.00852. The summed E-state index contributed by atoms with van der Waals surface area (Å²) in [6.07, 6.45) is 0. The number of nitrogens with zero attached hydrogens (tertiary/aromatic N) is 2. The lowest BCUT2D eigenvalue weighted by Gasteiger charge is -2.26. The van der Waals surface area contributed by atoms with Gasteiger partial charge in [-0.05, 0) is 25.1 Å². The van der Waals surface area contributed by atoms with E-state index in [1.807, 2.05) is 0 Å². The second kappa shape index (κ2) is 6.64. The molecule has 1 atom stereocenters.